The zero-order valence-corrected chi connectivity index (χ0v) is 24.0. The van der Waals surface area contributed by atoms with Gasteiger partial charge in [0.2, 0.25) is 5.70 Å². The number of fused-ring (bicyclic) bond motifs is 3. The number of rotatable bonds is 4. The third-order valence-corrected chi connectivity index (χ3v) is 7.97. The Hall–Kier alpha value is -3.56. The lowest BCUT2D eigenvalue weighted by Gasteiger charge is -2.36. The number of nitrogens with zero attached hydrogens (tertiary/aromatic N) is 3. The highest BCUT2D eigenvalue weighted by molar-refractivity contribution is 6.61. The molecule has 0 N–H and O–H groups in total. The van der Waals surface area contributed by atoms with E-state index in [-0.39, 0.29) is 33.7 Å². The van der Waals surface area contributed by atoms with Gasteiger partial charge < -0.3 is 14.5 Å². The lowest BCUT2D eigenvalue weighted by Crippen LogP contribution is -2.71. The summed E-state index contributed by atoms with van der Waals surface area (Å²) in [5.74, 6) is -1.83. The van der Waals surface area contributed by atoms with E-state index >= 15 is 0 Å². The maximum atomic E-state index is 13.6. The van der Waals surface area contributed by atoms with E-state index < -0.39 is 27.9 Å². The minimum absolute atomic E-state index is 0.00141. The molecule has 3 heterocycles. The van der Waals surface area contributed by atoms with Gasteiger partial charge in [0.25, 0.3) is 5.91 Å². The van der Waals surface area contributed by atoms with Crippen LogP contribution in [0.3, 0.4) is 0 Å². The first kappa shape index (κ1) is 28.0. The molecule has 2 saturated heterocycles. The van der Waals surface area contributed by atoms with Crippen LogP contribution in [0.4, 0.5) is 14.9 Å². The van der Waals surface area contributed by atoms with E-state index in [9.17, 15) is 23.6 Å². The number of hydrogen-bond donors (Lipinski definition) is 0. The number of Topliss-reactive ketones (excluding diaryl/α,β-unsaturated/α-hetero) is 1. The Morgan fingerprint density at radius 1 is 1.10 bits per heavy atom. The standard InChI is InChI=1S/C30H32ClFN3O5/c1-30(2,3)40-29(39)35-23-16-22(31)20(15-21(23)24(33(4)5)25(35)26(36)28(35)38)27(37)34-12-10-18(11-13-34)14-17-6-8-19(32)9-7-17/h6-9,15-16,18H,10-14H2,1-5H3/q+1. The van der Waals surface area contributed by atoms with Crippen LogP contribution in [0.1, 0.15) is 55.1 Å². The maximum Gasteiger partial charge on any atom is 0.535 e. The Labute approximate surface area is 237 Å². The molecule has 0 spiro atoms. The Morgan fingerprint density at radius 3 is 2.30 bits per heavy atom. The van der Waals surface area contributed by atoms with Gasteiger partial charge in [0.15, 0.2) is 5.69 Å². The molecule has 0 bridgehead atoms. The fourth-order valence-corrected chi connectivity index (χ4v) is 6.03. The molecule has 40 heavy (non-hydrogen) atoms. The Balaban J connectivity index is 1.44. The van der Waals surface area contributed by atoms with Crippen LogP contribution in [0.5, 0.6) is 0 Å². The summed E-state index contributed by atoms with van der Waals surface area (Å²) in [4.78, 5) is 56.5. The number of piperidine rings is 1. The summed E-state index contributed by atoms with van der Waals surface area (Å²) in [5, 5.41) is 0.0877. The first-order valence-corrected chi connectivity index (χ1v) is 13.7. The number of likely N-dealkylation sites (tertiary alicyclic amines) is 1. The molecule has 1 unspecified atom stereocenters. The van der Waals surface area contributed by atoms with Crippen molar-refractivity contribution in [3.05, 3.63) is 69.6 Å². The molecule has 0 aromatic heterocycles. The van der Waals surface area contributed by atoms with Crippen molar-refractivity contribution in [1.29, 1.82) is 0 Å². The second kappa shape index (κ2) is 9.82. The average Bonchev–Trinajstić information content (AvgIpc) is 3.16. The highest BCUT2D eigenvalue weighted by atomic mass is 35.5. The van der Waals surface area contributed by atoms with Gasteiger partial charge >= 0.3 is 17.8 Å². The van der Waals surface area contributed by atoms with Gasteiger partial charge in [-0.15, -0.1) is 0 Å². The van der Waals surface area contributed by atoms with Gasteiger partial charge in [-0.05, 0) is 69.7 Å². The summed E-state index contributed by atoms with van der Waals surface area (Å²) in [5.41, 5.74) is 1.41. The van der Waals surface area contributed by atoms with Crippen LogP contribution in [0.25, 0.3) is 5.70 Å². The van der Waals surface area contributed by atoms with E-state index in [1.165, 1.54) is 18.2 Å². The summed E-state index contributed by atoms with van der Waals surface area (Å²) in [6, 6.07) is 9.52. The number of imide groups is 1. The monoisotopic (exact) mass is 568 g/mol. The van der Waals surface area contributed by atoms with Gasteiger partial charge in [-0.3, -0.25) is 9.59 Å². The molecule has 2 fully saturated rings. The molecule has 10 heteroatoms. The van der Waals surface area contributed by atoms with Gasteiger partial charge in [-0.25, -0.2) is 9.18 Å². The third-order valence-electron chi connectivity index (χ3n) is 7.66. The topological polar surface area (TPSA) is 84.0 Å². The van der Waals surface area contributed by atoms with E-state index in [1.54, 1.807) is 62.9 Å². The number of ketones is 1. The summed E-state index contributed by atoms with van der Waals surface area (Å²) < 4.78 is 17.8. The largest absolute Gasteiger partial charge is 0.535 e. The van der Waals surface area contributed by atoms with Crippen LogP contribution in [0.2, 0.25) is 5.02 Å². The molecule has 1 atom stereocenters. The lowest BCUT2D eigenvalue weighted by atomic mass is 9.90. The Bertz CT molecular complexity index is 1470. The highest BCUT2D eigenvalue weighted by Crippen LogP contribution is 2.54. The molecule has 3 aliphatic rings. The van der Waals surface area contributed by atoms with Crippen molar-refractivity contribution >= 4 is 46.7 Å². The van der Waals surface area contributed by atoms with Crippen molar-refractivity contribution in [3.8, 4) is 0 Å². The number of hydrogen-bond acceptors (Lipinski definition) is 6. The van der Waals surface area contributed by atoms with Crippen molar-refractivity contribution in [3.63, 3.8) is 0 Å². The molecule has 3 aliphatic heterocycles. The highest BCUT2D eigenvalue weighted by Gasteiger charge is 2.74. The van der Waals surface area contributed by atoms with Crippen LogP contribution in [0, 0.1) is 11.7 Å². The quantitative estimate of drug-likeness (QED) is 0.287. The van der Waals surface area contributed by atoms with Crippen molar-refractivity contribution in [2.24, 2.45) is 5.92 Å². The predicted molar refractivity (Wildman–Crippen MR) is 149 cm³/mol. The summed E-state index contributed by atoms with van der Waals surface area (Å²) in [6.45, 7) is 6.11. The fourth-order valence-electron chi connectivity index (χ4n) is 5.79. The number of carbonyl (C=O) groups is 4. The average molecular weight is 569 g/mol. The van der Waals surface area contributed by atoms with Crippen LogP contribution < -0.4 is 4.48 Å². The number of carbonyl (C=O) groups excluding carboxylic acids is 4. The Kier molecular flexibility index (Phi) is 6.87. The summed E-state index contributed by atoms with van der Waals surface area (Å²) in [7, 11) is 3.42. The molecule has 3 amide bonds. The first-order chi connectivity index (χ1) is 18.8. The number of β-lactam (4-membered cyclic amide) rings is 1. The fraction of sp³-hybridized carbons (Fsp3) is 0.400. The predicted octanol–water partition coefficient (Wildman–Crippen LogP) is 5.17. The minimum atomic E-state index is -0.998. The third kappa shape index (κ3) is 4.41. The molecule has 210 valence electrons. The molecule has 0 radical (unpaired) electrons. The van der Waals surface area contributed by atoms with Crippen LogP contribution in [-0.4, -0.2) is 66.3 Å². The van der Waals surface area contributed by atoms with Gasteiger partial charge in [-0.2, -0.15) is 4.79 Å². The molecule has 8 nitrogen and oxygen atoms in total. The maximum absolute atomic E-state index is 13.6. The normalized spacial score (nSPS) is 20.7. The van der Waals surface area contributed by atoms with E-state index in [0.29, 0.717) is 30.3 Å². The zero-order chi connectivity index (χ0) is 29.1. The molecular weight excluding hydrogens is 537 g/mol. The van der Waals surface area contributed by atoms with E-state index in [2.05, 4.69) is 0 Å². The van der Waals surface area contributed by atoms with E-state index in [4.69, 9.17) is 16.3 Å². The number of amides is 3. The zero-order valence-electron chi connectivity index (χ0n) is 23.2. The number of halogens is 2. The van der Waals surface area contributed by atoms with E-state index in [1.807, 2.05) is 0 Å². The number of benzene rings is 2. The van der Waals surface area contributed by atoms with Crippen molar-refractivity contribution in [2.75, 3.05) is 27.2 Å². The molecule has 2 aromatic carbocycles. The molecule has 5 rings (SSSR count). The molecule has 2 aromatic rings. The van der Waals surface area contributed by atoms with Crippen LogP contribution in [-0.2, 0) is 20.7 Å². The van der Waals surface area contributed by atoms with Crippen molar-refractivity contribution in [1.82, 2.24) is 14.3 Å². The van der Waals surface area contributed by atoms with Gasteiger partial charge in [0.05, 0.1) is 16.1 Å². The van der Waals surface area contributed by atoms with Crippen LogP contribution >= 0.6 is 11.6 Å². The van der Waals surface area contributed by atoms with Gasteiger partial charge in [0.1, 0.15) is 17.1 Å². The smallest absolute Gasteiger partial charge is 0.413 e. The number of ether oxygens (including phenoxy) is 1. The first-order valence-electron chi connectivity index (χ1n) is 13.3. The van der Waals surface area contributed by atoms with E-state index in [0.717, 1.165) is 24.8 Å². The summed E-state index contributed by atoms with van der Waals surface area (Å²) >= 11 is 6.65. The van der Waals surface area contributed by atoms with Gasteiger partial charge in [-0.1, -0.05) is 28.2 Å². The SMILES string of the molecule is CN(C)C1=C2C(=O)C(=O)[N+]2(C(=O)OC(C)(C)C)c2cc(Cl)c(C(=O)N3CCC(Cc4ccc(F)cc4)CC3)cc21. The van der Waals surface area contributed by atoms with Crippen molar-refractivity contribution in [2.45, 2.75) is 45.6 Å². The molecular formula is C30H32ClFN3O5+. The second-order valence-electron chi connectivity index (χ2n) is 11.8. The lowest BCUT2D eigenvalue weighted by molar-refractivity contribution is -0.148. The van der Waals surface area contributed by atoms with Gasteiger partial charge in [0, 0.05) is 33.3 Å². The number of quaternary nitrogens is 1. The Morgan fingerprint density at radius 2 is 1.73 bits per heavy atom. The minimum Gasteiger partial charge on any atom is -0.413 e. The summed E-state index contributed by atoms with van der Waals surface area (Å²) in [6.07, 6.45) is 1.51. The molecule has 0 saturated carbocycles. The van der Waals surface area contributed by atoms with Crippen LogP contribution in [0.15, 0.2) is 42.1 Å². The second-order valence-corrected chi connectivity index (χ2v) is 12.2. The van der Waals surface area contributed by atoms with Crippen molar-refractivity contribution < 1.29 is 28.3 Å². The molecule has 0 aliphatic carbocycles.